The molecule has 0 aliphatic carbocycles. The van der Waals surface area contributed by atoms with Gasteiger partial charge < -0.3 is 5.32 Å². The molecule has 2 N–H and O–H groups in total. The second-order valence-electron chi connectivity index (χ2n) is 3.78. The van der Waals surface area contributed by atoms with Crippen LogP contribution in [0.3, 0.4) is 0 Å². The molecule has 0 saturated heterocycles. The number of halogens is 1. The van der Waals surface area contributed by atoms with Crippen molar-refractivity contribution in [2.45, 2.75) is 25.1 Å². The summed E-state index contributed by atoms with van der Waals surface area (Å²) in [6, 6.07) is 3.49. The van der Waals surface area contributed by atoms with E-state index in [1.807, 2.05) is 0 Å². The minimum atomic E-state index is -0.348. The fraction of sp³-hybridized carbons (Fsp3) is 0.500. The van der Waals surface area contributed by atoms with E-state index in [0.717, 1.165) is 12.8 Å². The van der Waals surface area contributed by atoms with Crippen LogP contribution in [0.4, 0.5) is 5.82 Å². The minimum absolute atomic E-state index is 0.0681. The number of H-pyrrole nitrogens is 1. The molecule has 0 spiro atoms. The largest absolute Gasteiger partial charge is 0.367 e. The molecule has 92 valence electrons. The average Bonchev–Trinajstić information content (AvgIpc) is 2.69. The van der Waals surface area contributed by atoms with E-state index in [0.29, 0.717) is 18.0 Å². The van der Waals surface area contributed by atoms with Crippen LogP contribution in [0.15, 0.2) is 16.9 Å². The van der Waals surface area contributed by atoms with Crippen LogP contribution in [-0.4, -0.2) is 31.7 Å². The number of hydrogen-bond acceptors (Lipinski definition) is 4. The van der Waals surface area contributed by atoms with Crippen molar-refractivity contribution in [3.05, 3.63) is 22.6 Å². The van der Waals surface area contributed by atoms with E-state index in [1.54, 1.807) is 12.1 Å². The third-order valence-corrected chi connectivity index (χ3v) is 2.75. The predicted octanol–water partition coefficient (Wildman–Crippen LogP) is 1.24. The summed E-state index contributed by atoms with van der Waals surface area (Å²) in [4.78, 5) is 11.3. The van der Waals surface area contributed by atoms with E-state index in [2.05, 4.69) is 27.5 Å². The van der Waals surface area contributed by atoms with Gasteiger partial charge in [0.1, 0.15) is 5.82 Å². The van der Waals surface area contributed by atoms with Gasteiger partial charge in [-0.25, -0.2) is 9.89 Å². The van der Waals surface area contributed by atoms with Crippen LogP contribution in [0, 0.1) is 0 Å². The van der Waals surface area contributed by atoms with Gasteiger partial charge in [-0.1, -0.05) is 13.3 Å². The topological polar surface area (TPSA) is 75.1 Å². The molecule has 1 unspecified atom stereocenters. The second-order valence-corrected chi connectivity index (χ2v) is 4.40. The molecular weight excluding hydrogens is 242 g/mol. The highest BCUT2D eigenvalue weighted by atomic mass is 35.5. The van der Waals surface area contributed by atoms with Crippen molar-refractivity contribution in [1.82, 2.24) is 19.8 Å². The maximum Gasteiger partial charge on any atom is 0.364 e. The molecule has 2 aromatic heterocycles. The molecule has 0 fully saturated rings. The Hall–Kier alpha value is -1.56. The second kappa shape index (κ2) is 5.18. The SMILES string of the molecule is CCCC(Cl)CNc1ccc2n[nH]c(=O)n2n1. The molecule has 0 bridgehead atoms. The number of aromatic nitrogens is 4. The molecule has 2 rings (SSSR count). The van der Waals surface area contributed by atoms with Crippen LogP contribution in [0.5, 0.6) is 0 Å². The summed E-state index contributed by atoms with van der Waals surface area (Å²) >= 11 is 6.08. The first-order valence-electron chi connectivity index (χ1n) is 5.53. The number of anilines is 1. The maximum atomic E-state index is 11.3. The Morgan fingerprint density at radius 2 is 2.41 bits per heavy atom. The maximum absolute atomic E-state index is 11.3. The summed E-state index contributed by atoms with van der Waals surface area (Å²) < 4.78 is 1.21. The zero-order valence-electron chi connectivity index (χ0n) is 9.48. The summed E-state index contributed by atoms with van der Waals surface area (Å²) in [6.45, 7) is 2.71. The van der Waals surface area contributed by atoms with Crippen molar-refractivity contribution in [2.24, 2.45) is 0 Å². The summed E-state index contributed by atoms with van der Waals surface area (Å²) in [5.74, 6) is 0.614. The van der Waals surface area contributed by atoms with Crippen molar-refractivity contribution in [1.29, 1.82) is 0 Å². The first-order valence-corrected chi connectivity index (χ1v) is 5.96. The number of rotatable bonds is 5. The molecule has 0 aromatic carbocycles. The van der Waals surface area contributed by atoms with Gasteiger partial charge in [-0.15, -0.1) is 16.7 Å². The van der Waals surface area contributed by atoms with Gasteiger partial charge >= 0.3 is 5.69 Å². The Balaban J connectivity index is 2.08. The van der Waals surface area contributed by atoms with E-state index in [-0.39, 0.29) is 11.1 Å². The quantitative estimate of drug-likeness (QED) is 0.789. The summed E-state index contributed by atoms with van der Waals surface area (Å²) in [6.07, 6.45) is 1.99. The summed E-state index contributed by atoms with van der Waals surface area (Å²) in [5.41, 5.74) is 0.149. The van der Waals surface area contributed by atoms with Gasteiger partial charge in [-0.05, 0) is 18.6 Å². The molecule has 0 aliphatic rings. The lowest BCUT2D eigenvalue weighted by Crippen LogP contribution is -2.17. The van der Waals surface area contributed by atoms with Gasteiger partial charge in [0.15, 0.2) is 5.65 Å². The molecule has 0 amide bonds. The Morgan fingerprint density at radius 3 is 3.18 bits per heavy atom. The Bertz CT molecular complexity index is 549. The highest BCUT2D eigenvalue weighted by molar-refractivity contribution is 6.20. The minimum Gasteiger partial charge on any atom is -0.367 e. The first kappa shape index (κ1) is 11.9. The van der Waals surface area contributed by atoms with Crippen LogP contribution in [0.1, 0.15) is 19.8 Å². The fourth-order valence-corrected chi connectivity index (χ4v) is 1.82. The van der Waals surface area contributed by atoms with Crippen molar-refractivity contribution in [3.63, 3.8) is 0 Å². The number of aromatic amines is 1. The van der Waals surface area contributed by atoms with E-state index in [1.165, 1.54) is 4.52 Å². The molecule has 2 heterocycles. The molecule has 0 aliphatic heterocycles. The fourth-order valence-electron chi connectivity index (χ4n) is 1.53. The van der Waals surface area contributed by atoms with Crippen LogP contribution in [0.25, 0.3) is 5.65 Å². The van der Waals surface area contributed by atoms with Crippen LogP contribution in [-0.2, 0) is 0 Å². The van der Waals surface area contributed by atoms with E-state index in [4.69, 9.17) is 11.6 Å². The zero-order valence-corrected chi connectivity index (χ0v) is 10.2. The van der Waals surface area contributed by atoms with Crippen LogP contribution < -0.4 is 11.0 Å². The predicted molar refractivity (Wildman–Crippen MR) is 66.6 cm³/mol. The standard InChI is InChI=1S/C10H14ClN5O/c1-2-3-7(11)6-12-8-4-5-9-13-14-10(17)16(9)15-8/h4-5,7H,2-3,6H2,1H3,(H,12,15)(H,14,17). The lowest BCUT2D eigenvalue weighted by Gasteiger charge is -2.09. The van der Waals surface area contributed by atoms with Gasteiger partial charge in [0.25, 0.3) is 0 Å². The monoisotopic (exact) mass is 255 g/mol. The number of nitrogens with one attached hydrogen (secondary N) is 2. The van der Waals surface area contributed by atoms with E-state index in [9.17, 15) is 4.79 Å². The van der Waals surface area contributed by atoms with E-state index >= 15 is 0 Å². The molecular formula is C10H14ClN5O. The molecule has 17 heavy (non-hydrogen) atoms. The number of nitrogens with zero attached hydrogens (tertiary/aromatic N) is 3. The van der Waals surface area contributed by atoms with Gasteiger partial charge in [0.2, 0.25) is 0 Å². The molecule has 0 saturated carbocycles. The number of hydrogen-bond donors (Lipinski definition) is 2. The zero-order chi connectivity index (χ0) is 12.3. The highest BCUT2D eigenvalue weighted by Gasteiger charge is 2.05. The van der Waals surface area contributed by atoms with Crippen molar-refractivity contribution < 1.29 is 0 Å². The number of alkyl halides is 1. The van der Waals surface area contributed by atoms with Crippen molar-refractivity contribution in [2.75, 3.05) is 11.9 Å². The third-order valence-electron chi connectivity index (χ3n) is 2.38. The van der Waals surface area contributed by atoms with Gasteiger partial charge in [0.05, 0.1) is 5.38 Å². The first-order chi connectivity index (χ1) is 8.20. The molecule has 7 heteroatoms. The Morgan fingerprint density at radius 1 is 1.59 bits per heavy atom. The third kappa shape index (κ3) is 2.76. The van der Waals surface area contributed by atoms with E-state index < -0.39 is 0 Å². The van der Waals surface area contributed by atoms with Gasteiger partial charge in [-0.2, -0.15) is 9.61 Å². The summed E-state index contributed by atoms with van der Waals surface area (Å²) in [5, 5.41) is 13.4. The normalized spacial score (nSPS) is 12.8. The molecule has 6 nitrogen and oxygen atoms in total. The molecule has 2 aromatic rings. The van der Waals surface area contributed by atoms with Crippen molar-refractivity contribution in [3.8, 4) is 0 Å². The lowest BCUT2D eigenvalue weighted by molar-refractivity contribution is 0.747. The average molecular weight is 256 g/mol. The highest BCUT2D eigenvalue weighted by Crippen LogP contribution is 2.08. The Labute approximate surface area is 103 Å². The Kier molecular flexibility index (Phi) is 3.63. The van der Waals surface area contributed by atoms with Crippen LogP contribution in [0.2, 0.25) is 0 Å². The smallest absolute Gasteiger partial charge is 0.364 e. The number of fused-ring (bicyclic) bond motifs is 1. The van der Waals surface area contributed by atoms with Crippen molar-refractivity contribution >= 4 is 23.1 Å². The van der Waals surface area contributed by atoms with Crippen LogP contribution >= 0.6 is 11.6 Å². The van der Waals surface area contributed by atoms with Gasteiger partial charge in [0, 0.05) is 6.54 Å². The molecule has 1 atom stereocenters. The lowest BCUT2D eigenvalue weighted by atomic mass is 10.2. The van der Waals surface area contributed by atoms with Gasteiger partial charge in [-0.3, -0.25) is 0 Å². The molecule has 0 radical (unpaired) electrons. The summed E-state index contributed by atoms with van der Waals surface area (Å²) in [7, 11) is 0.